The molecular formula is C26H25FN2O3. The molecule has 5 nitrogen and oxygen atoms in total. The minimum atomic E-state index is -1.12. The zero-order valence-electron chi connectivity index (χ0n) is 18.1. The number of rotatable bonds is 6. The van der Waals surface area contributed by atoms with E-state index >= 15 is 0 Å². The molecule has 164 valence electrons. The average molecular weight is 432 g/mol. The number of benzene rings is 3. The van der Waals surface area contributed by atoms with Crippen LogP contribution in [-0.2, 0) is 24.3 Å². The minimum absolute atomic E-state index is 0.136. The van der Waals surface area contributed by atoms with Crippen molar-refractivity contribution >= 4 is 11.8 Å². The highest BCUT2D eigenvalue weighted by atomic mass is 19.1. The van der Waals surface area contributed by atoms with Gasteiger partial charge in [0, 0.05) is 25.1 Å². The van der Waals surface area contributed by atoms with Gasteiger partial charge in [0.2, 0.25) is 5.91 Å². The monoisotopic (exact) mass is 432 g/mol. The molecule has 1 N–H and O–H groups in total. The van der Waals surface area contributed by atoms with Gasteiger partial charge in [-0.3, -0.25) is 9.59 Å². The first kappa shape index (κ1) is 21.6. The van der Waals surface area contributed by atoms with Crippen molar-refractivity contribution in [3.63, 3.8) is 0 Å². The van der Waals surface area contributed by atoms with Crippen LogP contribution >= 0.6 is 0 Å². The number of methoxy groups -OCH3 is 1. The van der Waals surface area contributed by atoms with E-state index in [-0.39, 0.29) is 24.2 Å². The smallest absolute Gasteiger partial charge is 0.255 e. The molecule has 0 spiro atoms. The topological polar surface area (TPSA) is 58.6 Å². The number of carbonyl (C=O) groups is 2. The van der Waals surface area contributed by atoms with Crippen molar-refractivity contribution < 1.29 is 18.7 Å². The summed E-state index contributed by atoms with van der Waals surface area (Å²) >= 11 is 0. The summed E-state index contributed by atoms with van der Waals surface area (Å²) in [5.74, 6) is -0.133. The molecule has 1 heterocycles. The third-order valence-electron chi connectivity index (χ3n) is 5.95. The highest BCUT2D eigenvalue weighted by molar-refractivity contribution is 6.02. The number of fused-ring (bicyclic) bond motifs is 1. The number of halogens is 1. The molecular weight excluding hydrogens is 407 g/mol. The van der Waals surface area contributed by atoms with Gasteiger partial charge in [-0.05, 0) is 53.9 Å². The average Bonchev–Trinajstić information content (AvgIpc) is 2.80. The number of nitrogens with zero attached hydrogens (tertiary/aromatic N) is 1. The Bertz CT molecular complexity index is 1150. The molecule has 0 aromatic heterocycles. The summed E-state index contributed by atoms with van der Waals surface area (Å²) in [6.45, 7) is 2.23. The lowest BCUT2D eigenvalue weighted by atomic mass is 9.82. The van der Waals surface area contributed by atoms with Crippen LogP contribution in [0.2, 0.25) is 0 Å². The van der Waals surface area contributed by atoms with E-state index in [4.69, 9.17) is 4.74 Å². The lowest BCUT2D eigenvalue weighted by Crippen LogP contribution is -2.62. The van der Waals surface area contributed by atoms with Crippen molar-refractivity contribution in [2.24, 2.45) is 0 Å². The SMILES string of the molecule is COc1ccc(CNC(=O)C2(C)Cc3ccccc3C(=O)N2Cc2cccc(F)c2)cc1. The van der Waals surface area contributed by atoms with Gasteiger partial charge in [0.25, 0.3) is 5.91 Å². The molecule has 3 aromatic rings. The fraction of sp³-hybridized carbons (Fsp3) is 0.231. The van der Waals surface area contributed by atoms with Crippen LogP contribution in [0.1, 0.15) is 34.0 Å². The molecule has 1 atom stereocenters. The molecule has 0 aliphatic carbocycles. The van der Waals surface area contributed by atoms with Crippen LogP contribution < -0.4 is 10.1 Å². The van der Waals surface area contributed by atoms with Crippen LogP contribution in [0.3, 0.4) is 0 Å². The van der Waals surface area contributed by atoms with Gasteiger partial charge in [0.15, 0.2) is 0 Å². The molecule has 0 bridgehead atoms. The van der Waals surface area contributed by atoms with Gasteiger partial charge in [-0.25, -0.2) is 4.39 Å². The number of hydrogen-bond donors (Lipinski definition) is 1. The van der Waals surface area contributed by atoms with E-state index in [2.05, 4.69) is 5.32 Å². The molecule has 1 aliphatic heterocycles. The van der Waals surface area contributed by atoms with E-state index in [0.29, 0.717) is 24.1 Å². The summed E-state index contributed by atoms with van der Waals surface area (Å²) in [5.41, 5.74) is 1.83. The normalized spacial score (nSPS) is 17.6. The molecule has 1 unspecified atom stereocenters. The third kappa shape index (κ3) is 4.21. The first-order chi connectivity index (χ1) is 15.4. The van der Waals surface area contributed by atoms with Gasteiger partial charge in [-0.15, -0.1) is 0 Å². The molecule has 6 heteroatoms. The summed E-state index contributed by atoms with van der Waals surface area (Å²) in [6, 6.07) is 20.9. The Kier molecular flexibility index (Phi) is 5.95. The van der Waals surface area contributed by atoms with Gasteiger partial charge in [-0.1, -0.05) is 42.5 Å². The van der Waals surface area contributed by atoms with E-state index < -0.39 is 5.54 Å². The fourth-order valence-corrected chi connectivity index (χ4v) is 4.10. The quantitative estimate of drug-likeness (QED) is 0.638. The zero-order valence-corrected chi connectivity index (χ0v) is 18.1. The number of ether oxygens (including phenoxy) is 1. The number of amides is 2. The first-order valence-corrected chi connectivity index (χ1v) is 10.5. The Hall–Kier alpha value is -3.67. The highest BCUT2D eigenvalue weighted by Crippen LogP contribution is 2.33. The second-order valence-electron chi connectivity index (χ2n) is 8.16. The second kappa shape index (κ2) is 8.83. The van der Waals surface area contributed by atoms with Crippen molar-refractivity contribution in [2.45, 2.75) is 32.0 Å². The highest BCUT2D eigenvalue weighted by Gasteiger charge is 2.46. The molecule has 32 heavy (non-hydrogen) atoms. The molecule has 3 aromatic carbocycles. The Morgan fingerprint density at radius 1 is 1.06 bits per heavy atom. The predicted octanol–water partition coefficient (Wildman–Crippen LogP) is 4.11. The van der Waals surface area contributed by atoms with E-state index in [1.54, 1.807) is 37.1 Å². The van der Waals surface area contributed by atoms with Crippen LogP contribution in [-0.4, -0.2) is 29.4 Å². The van der Waals surface area contributed by atoms with Gasteiger partial charge in [0.05, 0.1) is 7.11 Å². The molecule has 0 saturated carbocycles. The standard InChI is InChI=1S/C26H25FN2O3/c1-26(25(31)28-16-18-10-12-22(32-2)13-11-18)15-20-7-3-4-9-23(20)24(30)29(26)17-19-6-5-8-21(27)14-19/h3-14H,15-17H2,1-2H3,(H,28,31). The molecule has 4 rings (SSSR count). The van der Waals surface area contributed by atoms with Crippen molar-refractivity contribution in [1.29, 1.82) is 0 Å². The van der Waals surface area contributed by atoms with Crippen molar-refractivity contribution in [1.82, 2.24) is 10.2 Å². The molecule has 1 aliphatic rings. The van der Waals surface area contributed by atoms with Crippen molar-refractivity contribution in [3.8, 4) is 5.75 Å². The summed E-state index contributed by atoms with van der Waals surface area (Å²) < 4.78 is 19.0. The Balaban J connectivity index is 1.62. The number of hydrogen-bond acceptors (Lipinski definition) is 3. The Morgan fingerprint density at radius 3 is 2.53 bits per heavy atom. The first-order valence-electron chi connectivity index (χ1n) is 10.5. The molecule has 0 radical (unpaired) electrons. The third-order valence-corrected chi connectivity index (χ3v) is 5.95. The van der Waals surface area contributed by atoms with E-state index in [9.17, 15) is 14.0 Å². The van der Waals surface area contributed by atoms with Gasteiger partial charge >= 0.3 is 0 Å². The Labute approximate surface area is 186 Å². The van der Waals surface area contributed by atoms with E-state index in [1.807, 2.05) is 42.5 Å². The minimum Gasteiger partial charge on any atom is -0.497 e. The second-order valence-corrected chi connectivity index (χ2v) is 8.16. The maximum absolute atomic E-state index is 13.8. The Morgan fingerprint density at radius 2 is 1.81 bits per heavy atom. The molecule has 0 saturated heterocycles. The van der Waals surface area contributed by atoms with Gasteiger partial charge in [-0.2, -0.15) is 0 Å². The van der Waals surface area contributed by atoms with Crippen molar-refractivity contribution in [3.05, 3.63) is 101 Å². The molecule has 0 fully saturated rings. The zero-order chi connectivity index (χ0) is 22.7. The fourth-order valence-electron chi connectivity index (χ4n) is 4.10. The largest absolute Gasteiger partial charge is 0.497 e. The lowest BCUT2D eigenvalue weighted by molar-refractivity contribution is -0.132. The van der Waals surface area contributed by atoms with Gasteiger partial charge in [0.1, 0.15) is 17.1 Å². The maximum atomic E-state index is 13.8. The number of nitrogens with one attached hydrogen (secondary N) is 1. The van der Waals surface area contributed by atoms with Crippen molar-refractivity contribution in [2.75, 3.05) is 7.11 Å². The van der Waals surface area contributed by atoms with E-state index in [0.717, 1.165) is 16.9 Å². The molecule has 2 amide bonds. The summed E-state index contributed by atoms with van der Waals surface area (Å²) in [7, 11) is 1.60. The maximum Gasteiger partial charge on any atom is 0.255 e. The summed E-state index contributed by atoms with van der Waals surface area (Å²) in [5, 5.41) is 2.98. The summed E-state index contributed by atoms with van der Waals surface area (Å²) in [6.07, 6.45) is 0.374. The van der Waals surface area contributed by atoms with Crippen LogP contribution in [0, 0.1) is 5.82 Å². The lowest BCUT2D eigenvalue weighted by Gasteiger charge is -2.44. The van der Waals surface area contributed by atoms with Crippen LogP contribution in [0.15, 0.2) is 72.8 Å². The van der Waals surface area contributed by atoms with Crippen LogP contribution in [0.5, 0.6) is 5.75 Å². The summed E-state index contributed by atoms with van der Waals surface area (Å²) in [4.78, 5) is 28.4. The number of carbonyl (C=O) groups excluding carboxylic acids is 2. The van der Waals surface area contributed by atoms with Crippen LogP contribution in [0.4, 0.5) is 4.39 Å². The predicted molar refractivity (Wildman–Crippen MR) is 120 cm³/mol. The van der Waals surface area contributed by atoms with Gasteiger partial charge < -0.3 is 15.0 Å². The van der Waals surface area contributed by atoms with E-state index in [1.165, 1.54) is 12.1 Å². The van der Waals surface area contributed by atoms with Crippen LogP contribution in [0.25, 0.3) is 0 Å².